The van der Waals surface area contributed by atoms with Crippen LogP contribution in [0.5, 0.6) is 0 Å². The van der Waals surface area contributed by atoms with E-state index in [9.17, 15) is 10.5 Å². The molecule has 0 bridgehead atoms. The van der Waals surface area contributed by atoms with Gasteiger partial charge in [0.15, 0.2) is 0 Å². The Morgan fingerprint density at radius 1 is 1.04 bits per heavy atom. The second-order valence-corrected chi connectivity index (χ2v) is 5.91. The van der Waals surface area contributed by atoms with Crippen LogP contribution in [0.2, 0.25) is 0 Å². The molecule has 1 heterocycles. The van der Waals surface area contributed by atoms with Gasteiger partial charge < -0.3 is 5.73 Å². The Bertz CT molecular complexity index is 994. The number of nitrogens with two attached hydrogens (primary N) is 1. The van der Waals surface area contributed by atoms with Gasteiger partial charge in [-0.3, -0.25) is 0 Å². The van der Waals surface area contributed by atoms with Gasteiger partial charge in [-0.25, -0.2) is 4.98 Å². The summed E-state index contributed by atoms with van der Waals surface area (Å²) in [6.45, 7) is 5.80. The number of hydrogen-bond acceptors (Lipinski definition) is 4. The molecule has 0 unspecified atom stereocenters. The first-order valence-electron chi connectivity index (χ1n) is 7.58. The predicted octanol–water partition coefficient (Wildman–Crippen LogP) is 4.00. The molecule has 0 amide bonds. The van der Waals surface area contributed by atoms with Gasteiger partial charge in [-0.15, -0.1) is 0 Å². The maximum Gasteiger partial charge on any atom is 0.142 e. The minimum Gasteiger partial charge on any atom is -0.383 e. The molecule has 1 aliphatic carbocycles. The van der Waals surface area contributed by atoms with Crippen LogP contribution < -0.4 is 5.73 Å². The minimum absolute atomic E-state index is 0.172. The summed E-state index contributed by atoms with van der Waals surface area (Å²) in [6.07, 6.45) is 2.03. The fourth-order valence-corrected chi connectivity index (χ4v) is 3.02. The van der Waals surface area contributed by atoms with E-state index in [1.165, 1.54) is 5.56 Å². The van der Waals surface area contributed by atoms with E-state index < -0.39 is 0 Å². The summed E-state index contributed by atoms with van der Waals surface area (Å²) in [6, 6.07) is 12.5. The Labute approximate surface area is 141 Å². The van der Waals surface area contributed by atoms with E-state index in [0.717, 1.165) is 27.8 Å². The number of aromatic nitrogens is 1. The quantitative estimate of drug-likeness (QED) is 0.862. The zero-order valence-corrected chi connectivity index (χ0v) is 13.8. The van der Waals surface area contributed by atoms with Crippen molar-refractivity contribution >= 4 is 23.0 Å². The number of hydrogen-bond donors (Lipinski definition) is 1. The number of allylic oxidation sites excluding steroid dienone is 3. The smallest absolute Gasteiger partial charge is 0.142 e. The van der Waals surface area contributed by atoms with Gasteiger partial charge in [-0.05, 0) is 49.1 Å². The fraction of sp³-hybridized carbons (Fsp3) is 0.150. The molecule has 4 nitrogen and oxygen atoms in total. The highest BCUT2D eigenvalue weighted by Gasteiger charge is 2.29. The van der Waals surface area contributed by atoms with Crippen LogP contribution in [0.25, 0.3) is 17.2 Å². The number of nitrogen functional groups attached to an aromatic ring is 1. The standard InChI is InChI=1S/C20H16N4/c1-11-4-6-14(7-5-11)8-15-12(2)16(9-21)19-18(15)13(3)17(10-22)20(23)24-19/h4-8H,1-3H3,(H2,23,24)/b15-8+. The van der Waals surface area contributed by atoms with E-state index in [1.807, 2.05) is 51.1 Å². The highest BCUT2D eigenvalue weighted by atomic mass is 14.9. The average Bonchev–Trinajstić information content (AvgIpc) is 2.81. The van der Waals surface area contributed by atoms with Gasteiger partial charge in [0.25, 0.3) is 0 Å². The molecule has 0 spiro atoms. The van der Waals surface area contributed by atoms with E-state index >= 15 is 0 Å². The van der Waals surface area contributed by atoms with Gasteiger partial charge in [-0.2, -0.15) is 10.5 Å². The van der Waals surface area contributed by atoms with E-state index in [-0.39, 0.29) is 5.82 Å². The lowest BCUT2D eigenvalue weighted by molar-refractivity contribution is 1.22. The summed E-state index contributed by atoms with van der Waals surface area (Å²) in [5, 5.41) is 18.9. The molecule has 0 fully saturated rings. The molecular formula is C20H16N4. The maximum atomic E-state index is 9.53. The van der Waals surface area contributed by atoms with Crippen molar-refractivity contribution in [3.63, 3.8) is 0 Å². The second kappa shape index (κ2) is 5.68. The lowest BCUT2D eigenvalue weighted by Crippen LogP contribution is -2.03. The summed E-state index contributed by atoms with van der Waals surface area (Å²) in [4.78, 5) is 4.33. The summed E-state index contributed by atoms with van der Waals surface area (Å²) in [7, 11) is 0. The molecule has 3 rings (SSSR count). The van der Waals surface area contributed by atoms with Crippen LogP contribution in [0.15, 0.2) is 29.8 Å². The maximum absolute atomic E-state index is 9.53. The number of benzene rings is 1. The molecule has 1 aromatic carbocycles. The summed E-state index contributed by atoms with van der Waals surface area (Å²) >= 11 is 0. The molecule has 0 saturated heterocycles. The van der Waals surface area contributed by atoms with E-state index in [1.54, 1.807) is 0 Å². The topological polar surface area (TPSA) is 86.5 Å². The van der Waals surface area contributed by atoms with Crippen molar-refractivity contribution in [3.8, 4) is 12.1 Å². The number of fused-ring (bicyclic) bond motifs is 1. The Hall–Kier alpha value is -3.37. The monoisotopic (exact) mass is 312 g/mol. The molecule has 1 aliphatic rings. The third-order valence-electron chi connectivity index (χ3n) is 4.37. The summed E-state index contributed by atoms with van der Waals surface area (Å²) in [5.74, 6) is 0.172. The van der Waals surface area contributed by atoms with Gasteiger partial charge in [-0.1, -0.05) is 29.8 Å². The summed E-state index contributed by atoms with van der Waals surface area (Å²) < 4.78 is 0. The van der Waals surface area contributed by atoms with Crippen LogP contribution in [-0.2, 0) is 0 Å². The first-order valence-corrected chi connectivity index (χ1v) is 7.58. The molecule has 1 aromatic heterocycles. The van der Waals surface area contributed by atoms with Crippen molar-refractivity contribution < 1.29 is 0 Å². The van der Waals surface area contributed by atoms with Crippen molar-refractivity contribution in [2.75, 3.05) is 5.73 Å². The first-order chi connectivity index (χ1) is 11.5. The number of rotatable bonds is 1. The second-order valence-electron chi connectivity index (χ2n) is 5.91. The molecule has 0 aliphatic heterocycles. The van der Waals surface area contributed by atoms with E-state index in [2.05, 4.69) is 17.1 Å². The van der Waals surface area contributed by atoms with Gasteiger partial charge in [0, 0.05) is 5.56 Å². The van der Waals surface area contributed by atoms with Gasteiger partial charge in [0.05, 0.1) is 16.8 Å². The Kier molecular flexibility index (Phi) is 3.67. The first kappa shape index (κ1) is 15.5. The molecule has 24 heavy (non-hydrogen) atoms. The van der Waals surface area contributed by atoms with Gasteiger partial charge in [0.2, 0.25) is 0 Å². The van der Waals surface area contributed by atoms with Crippen LogP contribution in [0, 0.1) is 36.5 Å². The fourth-order valence-electron chi connectivity index (χ4n) is 3.02. The van der Waals surface area contributed by atoms with Crippen molar-refractivity contribution in [1.82, 2.24) is 4.98 Å². The number of anilines is 1. The highest BCUT2D eigenvalue weighted by Crippen LogP contribution is 2.44. The molecule has 4 heteroatoms. The van der Waals surface area contributed by atoms with Crippen molar-refractivity contribution in [1.29, 1.82) is 10.5 Å². The normalized spacial score (nSPS) is 14.5. The van der Waals surface area contributed by atoms with Gasteiger partial charge >= 0.3 is 0 Å². The van der Waals surface area contributed by atoms with Crippen LogP contribution in [0.4, 0.5) is 5.82 Å². The van der Waals surface area contributed by atoms with Gasteiger partial charge in [0.1, 0.15) is 18.0 Å². The average molecular weight is 312 g/mol. The predicted molar refractivity (Wildman–Crippen MR) is 95.4 cm³/mol. The Morgan fingerprint density at radius 2 is 1.71 bits per heavy atom. The molecule has 0 radical (unpaired) electrons. The third-order valence-corrected chi connectivity index (χ3v) is 4.37. The zero-order chi connectivity index (χ0) is 17.4. The van der Waals surface area contributed by atoms with Crippen molar-refractivity contribution in [2.45, 2.75) is 20.8 Å². The van der Waals surface area contributed by atoms with Crippen LogP contribution >= 0.6 is 0 Å². The van der Waals surface area contributed by atoms with Crippen molar-refractivity contribution in [3.05, 3.63) is 63.3 Å². The zero-order valence-electron chi connectivity index (χ0n) is 13.8. The molecular weight excluding hydrogens is 296 g/mol. The number of aryl methyl sites for hydroxylation is 1. The van der Waals surface area contributed by atoms with E-state index in [4.69, 9.17) is 5.73 Å². The Balaban J connectivity index is 2.31. The SMILES string of the molecule is CC1=C(C#N)c2nc(N)c(C#N)c(C)c2/C1=C/c1ccc(C)cc1. The lowest BCUT2D eigenvalue weighted by Gasteiger charge is -2.11. The summed E-state index contributed by atoms with van der Waals surface area (Å²) in [5.41, 5.74) is 13.0. The van der Waals surface area contributed by atoms with Crippen molar-refractivity contribution in [2.24, 2.45) is 0 Å². The largest absolute Gasteiger partial charge is 0.383 e. The lowest BCUT2D eigenvalue weighted by atomic mass is 9.95. The van der Waals surface area contributed by atoms with Crippen LogP contribution in [0.3, 0.4) is 0 Å². The highest BCUT2D eigenvalue weighted by molar-refractivity contribution is 6.08. The molecule has 2 aromatic rings. The van der Waals surface area contributed by atoms with Crippen LogP contribution in [-0.4, -0.2) is 4.98 Å². The molecule has 2 N–H and O–H groups in total. The van der Waals surface area contributed by atoms with Crippen LogP contribution in [0.1, 0.15) is 40.4 Å². The molecule has 0 saturated carbocycles. The van der Waals surface area contributed by atoms with E-state index in [0.29, 0.717) is 16.8 Å². The molecule has 116 valence electrons. The minimum atomic E-state index is 0.172. The number of nitriles is 2. The number of nitrogens with zero attached hydrogens (tertiary/aromatic N) is 3. The third kappa shape index (κ3) is 2.26. The molecule has 0 atom stereocenters. The number of pyridine rings is 1. The Morgan fingerprint density at radius 3 is 2.29 bits per heavy atom.